The van der Waals surface area contributed by atoms with E-state index in [1.54, 1.807) is 7.05 Å². The summed E-state index contributed by atoms with van der Waals surface area (Å²) >= 11 is 0. The highest BCUT2D eigenvalue weighted by molar-refractivity contribution is 5.75. The zero-order valence-electron chi connectivity index (χ0n) is 9.79. The minimum Gasteiger partial charge on any atom is -0.388 e. The van der Waals surface area contributed by atoms with Crippen LogP contribution in [-0.2, 0) is 17.8 Å². The predicted molar refractivity (Wildman–Crippen MR) is 61.1 cm³/mol. The van der Waals surface area contributed by atoms with Gasteiger partial charge in [-0.1, -0.05) is 0 Å². The van der Waals surface area contributed by atoms with E-state index in [4.69, 9.17) is 0 Å². The molecule has 1 amide bonds. The molecule has 0 bridgehead atoms. The van der Waals surface area contributed by atoms with Crippen LogP contribution in [0.25, 0.3) is 0 Å². The van der Waals surface area contributed by atoms with Crippen molar-refractivity contribution in [2.75, 3.05) is 7.05 Å². The molecule has 0 spiro atoms. The van der Waals surface area contributed by atoms with Crippen LogP contribution < -0.4 is 5.32 Å². The molecule has 1 aromatic heterocycles. The lowest BCUT2D eigenvalue weighted by Gasteiger charge is -2.20. The fourth-order valence-corrected chi connectivity index (χ4v) is 2.38. The molecule has 2 rings (SSSR count). The van der Waals surface area contributed by atoms with Gasteiger partial charge in [0.25, 0.3) is 0 Å². The minimum atomic E-state index is -0.353. The van der Waals surface area contributed by atoms with Crippen LogP contribution in [0.5, 0.6) is 0 Å². The van der Waals surface area contributed by atoms with Gasteiger partial charge in [0.2, 0.25) is 5.91 Å². The molecule has 1 aromatic rings. The number of aromatic nitrogens is 1. The maximum atomic E-state index is 11.4. The van der Waals surface area contributed by atoms with E-state index < -0.39 is 0 Å². The molecule has 1 atom stereocenters. The Morgan fingerprint density at radius 1 is 1.69 bits per heavy atom. The summed E-state index contributed by atoms with van der Waals surface area (Å²) in [5, 5.41) is 12.5. The van der Waals surface area contributed by atoms with E-state index in [-0.39, 0.29) is 12.0 Å². The first-order valence-electron chi connectivity index (χ1n) is 5.71. The summed E-state index contributed by atoms with van der Waals surface area (Å²) in [5.74, 6) is 0.00145. The normalized spacial score (nSPS) is 19.3. The highest BCUT2D eigenvalue weighted by Crippen LogP contribution is 2.31. The Hall–Kier alpha value is -1.29. The Labute approximate surface area is 95.3 Å². The largest absolute Gasteiger partial charge is 0.388 e. The number of rotatable bonds is 2. The molecule has 0 aliphatic heterocycles. The third-order valence-electron chi connectivity index (χ3n) is 3.28. The lowest BCUT2D eigenvalue weighted by atomic mass is 9.95. The van der Waals surface area contributed by atoms with Gasteiger partial charge >= 0.3 is 0 Å². The molecule has 0 fully saturated rings. The summed E-state index contributed by atoms with van der Waals surface area (Å²) in [4.78, 5) is 11.4. The summed E-state index contributed by atoms with van der Waals surface area (Å²) in [7, 11) is 1.64. The van der Waals surface area contributed by atoms with Gasteiger partial charge in [-0.25, -0.2) is 0 Å². The number of nitrogens with zero attached hydrogens (tertiary/aromatic N) is 1. The van der Waals surface area contributed by atoms with E-state index in [1.807, 2.05) is 17.6 Å². The van der Waals surface area contributed by atoms with E-state index in [0.717, 1.165) is 36.2 Å². The van der Waals surface area contributed by atoms with Gasteiger partial charge in [0, 0.05) is 24.0 Å². The Bertz CT molecular complexity index is 409. The van der Waals surface area contributed by atoms with Gasteiger partial charge in [-0.15, -0.1) is 0 Å². The van der Waals surface area contributed by atoms with Crippen molar-refractivity contribution >= 4 is 5.91 Å². The van der Waals surface area contributed by atoms with Crippen molar-refractivity contribution in [2.24, 2.45) is 0 Å². The molecule has 2 N–H and O–H groups in total. The van der Waals surface area contributed by atoms with Crippen LogP contribution >= 0.6 is 0 Å². The lowest BCUT2D eigenvalue weighted by Crippen LogP contribution is -2.25. The molecule has 88 valence electrons. The second kappa shape index (κ2) is 4.29. The summed E-state index contributed by atoms with van der Waals surface area (Å²) in [6.45, 7) is 2.33. The maximum Gasteiger partial charge on any atom is 0.239 e. The van der Waals surface area contributed by atoms with Crippen LogP contribution in [-0.4, -0.2) is 22.6 Å². The Morgan fingerprint density at radius 2 is 2.44 bits per heavy atom. The zero-order valence-corrected chi connectivity index (χ0v) is 9.79. The van der Waals surface area contributed by atoms with Crippen molar-refractivity contribution in [1.29, 1.82) is 0 Å². The Kier molecular flexibility index (Phi) is 3.01. The third-order valence-corrected chi connectivity index (χ3v) is 3.28. The van der Waals surface area contributed by atoms with Crippen molar-refractivity contribution in [2.45, 2.75) is 38.8 Å². The molecule has 0 radical (unpaired) electrons. The summed E-state index contributed by atoms with van der Waals surface area (Å²) in [5.41, 5.74) is 3.18. The van der Waals surface area contributed by atoms with E-state index in [1.165, 1.54) is 0 Å². The summed E-state index contributed by atoms with van der Waals surface area (Å²) in [6.07, 6.45) is 2.42. The fraction of sp³-hybridized carbons (Fsp3) is 0.583. The number of carbonyl (C=O) groups excluding carboxylic acids is 1. The first-order chi connectivity index (χ1) is 7.63. The van der Waals surface area contributed by atoms with Gasteiger partial charge in [0.15, 0.2) is 0 Å². The van der Waals surface area contributed by atoms with Crippen molar-refractivity contribution in [3.8, 4) is 0 Å². The van der Waals surface area contributed by atoms with Gasteiger partial charge in [-0.2, -0.15) is 0 Å². The molecular weight excluding hydrogens is 204 g/mol. The number of hydrogen-bond donors (Lipinski definition) is 2. The quantitative estimate of drug-likeness (QED) is 0.781. The predicted octanol–water partition coefficient (Wildman–Crippen LogP) is 0.912. The average molecular weight is 222 g/mol. The minimum absolute atomic E-state index is 0.00145. The average Bonchev–Trinajstić information content (AvgIpc) is 2.58. The maximum absolute atomic E-state index is 11.4. The van der Waals surface area contributed by atoms with Gasteiger partial charge in [0.1, 0.15) is 6.54 Å². The van der Waals surface area contributed by atoms with Gasteiger partial charge < -0.3 is 15.0 Å². The molecule has 1 aliphatic rings. The number of aliphatic hydroxyl groups is 1. The molecule has 1 heterocycles. The monoisotopic (exact) mass is 222 g/mol. The number of fused-ring (bicyclic) bond motifs is 1. The topological polar surface area (TPSA) is 54.3 Å². The fourth-order valence-electron chi connectivity index (χ4n) is 2.38. The van der Waals surface area contributed by atoms with Gasteiger partial charge in [-0.05, 0) is 32.3 Å². The molecule has 0 aromatic carbocycles. The molecule has 0 saturated heterocycles. The standard InChI is InChI=1S/C12H18N2O2/c1-8-6-9-10(4-3-5-11(9)15)14(8)7-12(16)13-2/h6,11,15H,3-5,7H2,1-2H3,(H,13,16). The zero-order chi connectivity index (χ0) is 11.7. The first-order valence-corrected chi connectivity index (χ1v) is 5.71. The van der Waals surface area contributed by atoms with E-state index >= 15 is 0 Å². The van der Waals surface area contributed by atoms with E-state index in [0.29, 0.717) is 6.54 Å². The molecule has 1 unspecified atom stereocenters. The molecule has 1 aliphatic carbocycles. The van der Waals surface area contributed by atoms with Crippen molar-refractivity contribution in [3.05, 3.63) is 23.0 Å². The first kappa shape index (κ1) is 11.2. The summed E-state index contributed by atoms with van der Waals surface area (Å²) in [6, 6.07) is 2.00. The smallest absolute Gasteiger partial charge is 0.239 e. The number of hydrogen-bond acceptors (Lipinski definition) is 2. The number of aryl methyl sites for hydroxylation is 1. The van der Waals surface area contributed by atoms with Crippen molar-refractivity contribution in [3.63, 3.8) is 0 Å². The van der Waals surface area contributed by atoms with E-state index in [2.05, 4.69) is 5.32 Å². The van der Waals surface area contributed by atoms with Crippen LogP contribution in [0.3, 0.4) is 0 Å². The molecule has 4 nitrogen and oxygen atoms in total. The van der Waals surface area contributed by atoms with E-state index in [9.17, 15) is 9.90 Å². The SMILES string of the molecule is CNC(=O)Cn1c(C)cc2c1CCCC2O. The number of aliphatic hydroxyl groups excluding tert-OH is 1. The van der Waals surface area contributed by atoms with Gasteiger partial charge in [0.05, 0.1) is 6.10 Å². The van der Waals surface area contributed by atoms with Crippen LogP contribution in [0.1, 0.15) is 35.9 Å². The molecule has 4 heteroatoms. The number of carbonyl (C=O) groups is 1. The lowest BCUT2D eigenvalue weighted by molar-refractivity contribution is -0.121. The third kappa shape index (κ3) is 1.85. The number of nitrogens with one attached hydrogen (secondary N) is 1. The molecule has 16 heavy (non-hydrogen) atoms. The summed E-state index contributed by atoms with van der Waals surface area (Å²) < 4.78 is 2.01. The number of likely N-dealkylation sites (N-methyl/N-ethyl adjacent to an activating group) is 1. The van der Waals surface area contributed by atoms with Crippen LogP contribution in [0, 0.1) is 6.92 Å². The molecular formula is C12H18N2O2. The Balaban J connectivity index is 2.34. The van der Waals surface area contributed by atoms with Crippen LogP contribution in [0.4, 0.5) is 0 Å². The van der Waals surface area contributed by atoms with Gasteiger partial charge in [-0.3, -0.25) is 4.79 Å². The van der Waals surface area contributed by atoms with Crippen LogP contribution in [0.2, 0.25) is 0 Å². The second-order valence-electron chi connectivity index (χ2n) is 4.36. The number of amides is 1. The van der Waals surface area contributed by atoms with Crippen molar-refractivity contribution in [1.82, 2.24) is 9.88 Å². The van der Waals surface area contributed by atoms with Crippen molar-refractivity contribution < 1.29 is 9.90 Å². The highest BCUT2D eigenvalue weighted by Gasteiger charge is 2.23. The second-order valence-corrected chi connectivity index (χ2v) is 4.36. The Morgan fingerprint density at radius 3 is 3.12 bits per heavy atom. The molecule has 0 saturated carbocycles. The van der Waals surface area contributed by atoms with Crippen LogP contribution in [0.15, 0.2) is 6.07 Å². The highest BCUT2D eigenvalue weighted by atomic mass is 16.3.